The fraction of sp³-hybridized carbons (Fsp3) is 0.611. The summed E-state index contributed by atoms with van der Waals surface area (Å²) in [6.07, 6.45) is 9.33. The van der Waals surface area contributed by atoms with E-state index in [1.54, 1.807) is 0 Å². The zero-order valence-corrected chi connectivity index (χ0v) is 30.5. The first-order valence-corrected chi connectivity index (χ1v) is 18.2. The minimum atomic E-state index is -0.330. The average molecular weight is 759 g/mol. The van der Waals surface area contributed by atoms with E-state index in [0.29, 0.717) is 49.3 Å². The van der Waals surface area contributed by atoms with Gasteiger partial charge in [-0.15, -0.1) is 0 Å². The lowest BCUT2D eigenvalue weighted by Crippen LogP contribution is -2.48. The van der Waals surface area contributed by atoms with Crippen LogP contribution in [0, 0.1) is 22.7 Å². The van der Waals surface area contributed by atoms with Crippen LogP contribution >= 0.6 is 31.9 Å². The van der Waals surface area contributed by atoms with Crippen LogP contribution < -0.4 is 11.5 Å². The summed E-state index contributed by atoms with van der Waals surface area (Å²) in [6, 6.07) is 13.8. The molecule has 4 N–H and O–H groups in total. The second-order valence-electron chi connectivity index (χ2n) is 14.7. The Bertz CT molecular complexity index is 1470. The summed E-state index contributed by atoms with van der Waals surface area (Å²) in [5, 5.41) is 0. The maximum Gasteiger partial charge on any atom is 0.283 e. The fourth-order valence-corrected chi connectivity index (χ4v) is 11.1. The second kappa shape index (κ2) is 11.8. The summed E-state index contributed by atoms with van der Waals surface area (Å²) in [6.45, 7) is 5.72. The van der Waals surface area contributed by atoms with E-state index < -0.39 is 0 Å². The van der Waals surface area contributed by atoms with Crippen molar-refractivity contribution in [3.8, 4) is 0 Å². The molecule has 2 aromatic rings. The van der Waals surface area contributed by atoms with Crippen molar-refractivity contribution in [1.82, 2.24) is 0 Å². The van der Waals surface area contributed by atoms with Gasteiger partial charge in [0.25, 0.3) is 12.0 Å². The molecule has 0 saturated heterocycles. The Kier molecular flexibility index (Phi) is 8.30. The monoisotopic (exact) mass is 756 g/mol. The van der Waals surface area contributed by atoms with Gasteiger partial charge in [0.1, 0.15) is 24.3 Å². The minimum Gasteiger partial charge on any atom is -0.462 e. The van der Waals surface area contributed by atoms with E-state index in [1.807, 2.05) is 14.2 Å². The smallest absolute Gasteiger partial charge is 0.283 e. The van der Waals surface area contributed by atoms with Gasteiger partial charge < -0.3 is 30.4 Å². The lowest BCUT2D eigenvalue weighted by molar-refractivity contribution is -0.0445. The molecule has 4 spiro atoms. The standard InChI is InChI=1S/2C18H23BrN2O2/c2*1-11-8-17(6-5-15(11)22-2)9-12-3-4-13(19)7-14(12)18(17)10-23-16(20)21-18/h2*3-4,7,11,15H,5-6,8-10H2,1-2H3,(H2,20,21)/t11-,15-,17-,18+;11-,15-,17-,18-/m10/s1. The molecule has 8 rings (SSSR count). The Hall–Kier alpha value is -2.14. The molecule has 8 atom stereocenters. The van der Waals surface area contributed by atoms with Crippen LogP contribution in [0.4, 0.5) is 0 Å². The van der Waals surface area contributed by atoms with Crippen molar-refractivity contribution in [2.24, 2.45) is 44.1 Å². The highest BCUT2D eigenvalue weighted by molar-refractivity contribution is 9.10. The maximum atomic E-state index is 5.95. The second-order valence-corrected chi connectivity index (χ2v) is 16.5. The van der Waals surface area contributed by atoms with Crippen molar-refractivity contribution in [2.75, 3.05) is 27.4 Å². The summed E-state index contributed by atoms with van der Waals surface area (Å²) in [7, 11) is 3.65. The van der Waals surface area contributed by atoms with Gasteiger partial charge in [0.15, 0.2) is 0 Å². The van der Waals surface area contributed by atoms with Crippen molar-refractivity contribution in [3.63, 3.8) is 0 Å². The SMILES string of the molecule is CO[C@@H]1CC[C@]2(Cc3ccc(Br)cc3[C@@]23COC(N)=N3)C[C@H]1C.CO[C@H]1CC[C@@]2(Cc3ccc(Br)cc3[C@@]23COC(N)=N3)C[C@@H]1C. The minimum absolute atomic E-state index is 0.0890. The fourth-order valence-electron chi connectivity index (χ4n) is 10.3. The average Bonchev–Trinajstić information content (AvgIpc) is 3.75. The van der Waals surface area contributed by atoms with Crippen LogP contribution in [0.5, 0.6) is 0 Å². The molecule has 248 valence electrons. The molecule has 2 fully saturated rings. The number of aliphatic imine (C=N–C) groups is 2. The number of rotatable bonds is 2. The molecule has 0 bridgehead atoms. The summed E-state index contributed by atoms with van der Waals surface area (Å²) >= 11 is 7.23. The molecule has 10 heteroatoms. The highest BCUT2D eigenvalue weighted by Gasteiger charge is 2.63. The molecule has 6 aliphatic rings. The first kappa shape index (κ1) is 32.4. The number of nitrogens with zero attached hydrogens (tertiary/aromatic N) is 2. The van der Waals surface area contributed by atoms with Crippen molar-refractivity contribution in [2.45, 2.75) is 88.5 Å². The molecule has 46 heavy (non-hydrogen) atoms. The Morgan fingerprint density at radius 2 is 1.13 bits per heavy atom. The molecule has 0 radical (unpaired) electrons. The Morgan fingerprint density at radius 1 is 0.717 bits per heavy atom. The summed E-state index contributed by atoms with van der Waals surface area (Å²) in [4.78, 5) is 9.75. The van der Waals surface area contributed by atoms with Gasteiger partial charge in [-0.1, -0.05) is 57.8 Å². The Labute approximate surface area is 289 Å². The van der Waals surface area contributed by atoms with E-state index in [4.69, 9.17) is 40.4 Å². The third kappa shape index (κ3) is 4.86. The number of methoxy groups -OCH3 is 2. The normalized spacial score (nSPS) is 38.7. The quantitative estimate of drug-likeness (QED) is 0.351. The van der Waals surface area contributed by atoms with Gasteiger partial charge in [0, 0.05) is 34.0 Å². The molecular weight excluding hydrogens is 712 g/mol. The largest absolute Gasteiger partial charge is 0.462 e. The molecule has 2 aromatic carbocycles. The summed E-state index contributed by atoms with van der Waals surface area (Å²) in [5.41, 5.74) is 16.8. The van der Waals surface area contributed by atoms with E-state index in [9.17, 15) is 0 Å². The van der Waals surface area contributed by atoms with Crippen LogP contribution in [0.15, 0.2) is 55.3 Å². The number of amidine groups is 2. The summed E-state index contributed by atoms with van der Waals surface area (Å²) < 4.78 is 24.9. The van der Waals surface area contributed by atoms with Gasteiger partial charge in [-0.2, -0.15) is 0 Å². The van der Waals surface area contributed by atoms with E-state index in [2.05, 4.69) is 82.1 Å². The first-order valence-electron chi connectivity index (χ1n) is 16.6. The molecule has 0 unspecified atom stereocenters. The highest BCUT2D eigenvalue weighted by atomic mass is 79.9. The van der Waals surface area contributed by atoms with Crippen LogP contribution in [0.25, 0.3) is 0 Å². The van der Waals surface area contributed by atoms with Crippen molar-refractivity contribution in [3.05, 3.63) is 67.6 Å². The maximum absolute atomic E-state index is 5.95. The van der Waals surface area contributed by atoms with Crippen LogP contribution in [0.1, 0.15) is 74.6 Å². The van der Waals surface area contributed by atoms with E-state index >= 15 is 0 Å². The van der Waals surface area contributed by atoms with Crippen molar-refractivity contribution >= 4 is 43.9 Å². The Balaban J connectivity index is 0.000000147. The van der Waals surface area contributed by atoms with Crippen LogP contribution in [-0.4, -0.2) is 51.7 Å². The zero-order chi connectivity index (χ0) is 32.5. The molecule has 2 saturated carbocycles. The first-order chi connectivity index (χ1) is 22.0. The van der Waals surface area contributed by atoms with Gasteiger partial charge >= 0.3 is 0 Å². The lowest BCUT2D eigenvalue weighted by atomic mass is 9.59. The van der Waals surface area contributed by atoms with Crippen molar-refractivity contribution in [1.29, 1.82) is 0 Å². The van der Waals surface area contributed by atoms with Gasteiger partial charge in [0.05, 0.1) is 12.2 Å². The highest BCUT2D eigenvalue weighted by Crippen LogP contribution is 2.63. The molecule has 2 aliphatic heterocycles. The van der Waals surface area contributed by atoms with Crippen LogP contribution in [-0.2, 0) is 42.9 Å². The third-order valence-electron chi connectivity index (χ3n) is 12.4. The Morgan fingerprint density at radius 3 is 1.46 bits per heavy atom. The van der Waals surface area contributed by atoms with E-state index in [1.165, 1.54) is 22.3 Å². The molecule has 8 nitrogen and oxygen atoms in total. The molecular formula is C36H46Br2N4O4. The van der Waals surface area contributed by atoms with E-state index in [0.717, 1.165) is 60.3 Å². The number of hydrogen-bond donors (Lipinski definition) is 2. The number of fused-ring (bicyclic) bond motifs is 6. The van der Waals surface area contributed by atoms with Crippen LogP contribution in [0.2, 0.25) is 0 Å². The predicted octanol–water partition coefficient (Wildman–Crippen LogP) is 6.73. The number of benzene rings is 2. The molecule has 0 amide bonds. The number of halogens is 2. The molecule has 0 aromatic heterocycles. The van der Waals surface area contributed by atoms with Gasteiger partial charge in [-0.25, -0.2) is 9.98 Å². The number of hydrogen-bond acceptors (Lipinski definition) is 8. The van der Waals surface area contributed by atoms with E-state index in [-0.39, 0.29) is 21.9 Å². The molecule has 2 heterocycles. The number of ether oxygens (including phenoxy) is 4. The third-order valence-corrected chi connectivity index (χ3v) is 13.4. The summed E-state index contributed by atoms with van der Waals surface area (Å²) in [5.74, 6) is 1.03. The van der Waals surface area contributed by atoms with Gasteiger partial charge in [0.2, 0.25) is 0 Å². The number of nitrogens with two attached hydrogens (primary N) is 2. The van der Waals surface area contributed by atoms with Crippen molar-refractivity contribution < 1.29 is 18.9 Å². The van der Waals surface area contributed by atoms with Gasteiger partial charge in [-0.3, -0.25) is 0 Å². The van der Waals surface area contributed by atoms with Gasteiger partial charge in [-0.05, 0) is 110 Å². The molecule has 4 aliphatic carbocycles. The topological polar surface area (TPSA) is 114 Å². The zero-order valence-electron chi connectivity index (χ0n) is 27.3. The lowest BCUT2D eigenvalue weighted by Gasteiger charge is -2.47. The van der Waals surface area contributed by atoms with Crippen LogP contribution in [0.3, 0.4) is 0 Å². The predicted molar refractivity (Wildman–Crippen MR) is 187 cm³/mol.